The number of likely N-dealkylation sites (tertiary alicyclic amines) is 1. The highest BCUT2D eigenvalue weighted by Gasteiger charge is 2.28. The highest BCUT2D eigenvalue weighted by Crippen LogP contribution is 2.36. The summed E-state index contributed by atoms with van der Waals surface area (Å²) < 4.78 is 5.34. The fourth-order valence-corrected chi connectivity index (χ4v) is 4.93. The first-order chi connectivity index (χ1) is 18.2. The summed E-state index contributed by atoms with van der Waals surface area (Å²) in [6.07, 6.45) is 6.16. The lowest BCUT2D eigenvalue weighted by atomic mass is 9.85. The molecule has 1 saturated heterocycles. The fourth-order valence-electron chi connectivity index (χ4n) is 4.93. The van der Waals surface area contributed by atoms with E-state index in [1.165, 1.54) is 5.56 Å². The van der Waals surface area contributed by atoms with Gasteiger partial charge >= 0.3 is 6.09 Å². The summed E-state index contributed by atoms with van der Waals surface area (Å²) >= 11 is 0. The van der Waals surface area contributed by atoms with Gasteiger partial charge in [0.2, 0.25) is 0 Å². The van der Waals surface area contributed by atoms with Crippen molar-refractivity contribution in [2.75, 3.05) is 13.1 Å². The van der Waals surface area contributed by atoms with Gasteiger partial charge in [-0.05, 0) is 81.2 Å². The Morgan fingerprint density at radius 2 is 1.71 bits per heavy atom. The van der Waals surface area contributed by atoms with Crippen LogP contribution in [0.1, 0.15) is 72.1 Å². The molecule has 4 rings (SSSR count). The predicted molar refractivity (Wildman–Crippen MR) is 147 cm³/mol. The number of aromatic hydroxyl groups is 1. The number of piperidine rings is 1. The minimum absolute atomic E-state index is 0.0124. The van der Waals surface area contributed by atoms with Crippen LogP contribution in [-0.4, -0.2) is 45.7 Å². The molecule has 1 aliphatic rings. The largest absolute Gasteiger partial charge is 0.508 e. The number of hydrogen-bond donors (Lipinski definition) is 2. The molecule has 2 N–H and O–H groups in total. The second-order valence-corrected chi connectivity index (χ2v) is 10.8. The molecule has 200 valence electrons. The van der Waals surface area contributed by atoms with Gasteiger partial charge in [0.15, 0.2) is 0 Å². The molecule has 7 nitrogen and oxygen atoms in total. The Hall–Kier alpha value is -3.87. The van der Waals surface area contributed by atoms with Crippen molar-refractivity contribution in [3.8, 4) is 5.75 Å². The monoisotopic (exact) mass is 515 g/mol. The molecular formula is C31H37N3O4. The van der Waals surface area contributed by atoms with Crippen LogP contribution in [0.2, 0.25) is 0 Å². The number of alkyl carbamates (subject to hydrolysis) is 1. The van der Waals surface area contributed by atoms with Gasteiger partial charge in [-0.3, -0.25) is 9.78 Å². The second-order valence-electron chi connectivity index (χ2n) is 10.8. The average molecular weight is 516 g/mol. The van der Waals surface area contributed by atoms with Crippen LogP contribution in [0.4, 0.5) is 4.79 Å². The summed E-state index contributed by atoms with van der Waals surface area (Å²) in [6.45, 7) is 6.89. The maximum Gasteiger partial charge on any atom is 0.407 e. The molecular weight excluding hydrogens is 478 g/mol. The van der Waals surface area contributed by atoms with E-state index in [0.29, 0.717) is 18.7 Å². The Kier molecular flexibility index (Phi) is 8.66. The SMILES string of the molecule is CC(C)(C)OC(=O)NCc1cccc(O)c1C1CCN(C(=O)c2cncc(CCc3ccccc3)c2)CC1. The molecule has 1 fully saturated rings. The molecule has 2 amide bonds. The number of phenolic OH excluding ortho intramolecular Hbond substituents is 1. The molecule has 0 atom stereocenters. The van der Waals surface area contributed by atoms with Crippen LogP contribution in [-0.2, 0) is 24.1 Å². The lowest BCUT2D eigenvalue weighted by Crippen LogP contribution is -2.38. The number of aromatic nitrogens is 1. The zero-order chi connectivity index (χ0) is 27.1. The molecule has 2 heterocycles. The zero-order valence-corrected chi connectivity index (χ0v) is 22.4. The third-order valence-electron chi connectivity index (χ3n) is 6.77. The fraction of sp³-hybridized carbons (Fsp3) is 0.387. The standard InChI is InChI=1S/C31H37N3O4/c1-31(2,3)38-30(37)33-21-25-10-7-11-27(35)28(25)24-14-16-34(17-15-24)29(36)26-18-23(19-32-20-26)13-12-22-8-5-4-6-9-22/h4-11,18-20,24,35H,12-17,21H2,1-3H3,(H,33,37). The van der Waals surface area contributed by atoms with Crippen molar-refractivity contribution in [1.29, 1.82) is 0 Å². The van der Waals surface area contributed by atoms with E-state index in [9.17, 15) is 14.7 Å². The van der Waals surface area contributed by atoms with Gasteiger partial charge in [0.05, 0.1) is 5.56 Å². The number of hydrogen-bond acceptors (Lipinski definition) is 5. The van der Waals surface area contributed by atoms with Crippen LogP contribution in [0.25, 0.3) is 0 Å². The Labute approximate surface area is 224 Å². The zero-order valence-electron chi connectivity index (χ0n) is 22.4. The van der Waals surface area contributed by atoms with Crippen molar-refractivity contribution in [3.05, 3.63) is 94.8 Å². The summed E-state index contributed by atoms with van der Waals surface area (Å²) in [5.74, 6) is 0.293. The summed E-state index contributed by atoms with van der Waals surface area (Å²) in [5.41, 5.74) is 4.03. The minimum Gasteiger partial charge on any atom is -0.508 e. The topological polar surface area (TPSA) is 91.8 Å². The first-order valence-corrected chi connectivity index (χ1v) is 13.2. The normalized spacial score (nSPS) is 14.2. The van der Waals surface area contributed by atoms with E-state index in [4.69, 9.17) is 4.74 Å². The highest BCUT2D eigenvalue weighted by atomic mass is 16.6. The van der Waals surface area contributed by atoms with Crippen molar-refractivity contribution in [3.63, 3.8) is 0 Å². The summed E-state index contributed by atoms with van der Waals surface area (Å²) in [4.78, 5) is 31.6. The number of pyridine rings is 1. The van der Waals surface area contributed by atoms with Crippen molar-refractivity contribution in [2.45, 2.75) is 64.5 Å². The molecule has 3 aromatic rings. The van der Waals surface area contributed by atoms with Crippen LogP contribution in [0.3, 0.4) is 0 Å². The Morgan fingerprint density at radius 1 is 1.00 bits per heavy atom. The van der Waals surface area contributed by atoms with Crippen LogP contribution >= 0.6 is 0 Å². The number of nitrogens with zero attached hydrogens (tertiary/aromatic N) is 2. The molecule has 7 heteroatoms. The third-order valence-corrected chi connectivity index (χ3v) is 6.77. The second kappa shape index (κ2) is 12.1. The molecule has 0 saturated carbocycles. The number of phenols is 1. The summed E-state index contributed by atoms with van der Waals surface area (Å²) in [6, 6.07) is 17.6. The number of carbonyl (C=O) groups is 2. The van der Waals surface area contributed by atoms with Crippen molar-refractivity contribution < 1.29 is 19.4 Å². The smallest absolute Gasteiger partial charge is 0.407 e. The Morgan fingerprint density at radius 3 is 2.42 bits per heavy atom. The molecule has 38 heavy (non-hydrogen) atoms. The van der Waals surface area contributed by atoms with Gasteiger partial charge in [-0.1, -0.05) is 42.5 Å². The van der Waals surface area contributed by atoms with Gasteiger partial charge in [0.1, 0.15) is 11.4 Å². The summed E-state index contributed by atoms with van der Waals surface area (Å²) in [5, 5.41) is 13.5. The van der Waals surface area contributed by atoms with E-state index in [1.807, 2.05) is 62.2 Å². The van der Waals surface area contributed by atoms with Gasteiger partial charge < -0.3 is 20.1 Å². The van der Waals surface area contributed by atoms with E-state index < -0.39 is 11.7 Å². The van der Waals surface area contributed by atoms with Crippen LogP contribution < -0.4 is 5.32 Å². The number of amides is 2. The Bertz CT molecular complexity index is 1250. The lowest BCUT2D eigenvalue weighted by Gasteiger charge is -2.33. The maximum atomic E-state index is 13.3. The molecule has 0 bridgehead atoms. The molecule has 0 spiro atoms. The van der Waals surface area contributed by atoms with Crippen molar-refractivity contribution in [1.82, 2.24) is 15.2 Å². The van der Waals surface area contributed by atoms with Crippen LogP contribution in [0.5, 0.6) is 5.75 Å². The van der Waals surface area contributed by atoms with E-state index >= 15 is 0 Å². The first-order valence-electron chi connectivity index (χ1n) is 13.2. The number of ether oxygens (including phenoxy) is 1. The predicted octanol–water partition coefficient (Wildman–Crippen LogP) is 5.62. The molecule has 0 radical (unpaired) electrons. The van der Waals surface area contributed by atoms with Gasteiger partial charge in [-0.25, -0.2) is 4.79 Å². The van der Waals surface area contributed by atoms with E-state index in [1.54, 1.807) is 18.3 Å². The molecule has 0 unspecified atom stereocenters. The molecule has 2 aromatic carbocycles. The van der Waals surface area contributed by atoms with Gasteiger partial charge in [-0.2, -0.15) is 0 Å². The van der Waals surface area contributed by atoms with Gasteiger partial charge in [0, 0.05) is 37.6 Å². The van der Waals surface area contributed by atoms with Gasteiger partial charge in [0.25, 0.3) is 5.91 Å². The summed E-state index contributed by atoms with van der Waals surface area (Å²) in [7, 11) is 0. The quantitative estimate of drug-likeness (QED) is 0.426. The van der Waals surface area contributed by atoms with Gasteiger partial charge in [-0.15, -0.1) is 0 Å². The number of rotatable bonds is 7. The maximum absolute atomic E-state index is 13.3. The highest BCUT2D eigenvalue weighted by molar-refractivity contribution is 5.94. The van der Waals surface area contributed by atoms with Crippen LogP contribution in [0.15, 0.2) is 67.0 Å². The average Bonchev–Trinajstić information content (AvgIpc) is 2.90. The van der Waals surface area contributed by atoms with E-state index in [2.05, 4.69) is 22.4 Å². The lowest BCUT2D eigenvalue weighted by molar-refractivity contribution is 0.0522. The van der Waals surface area contributed by atoms with E-state index in [0.717, 1.165) is 42.4 Å². The van der Waals surface area contributed by atoms with Crippen molar-refractivity contribution in [2.24, 2.45) is 0 Å². The molecule has 1 aliphatic heterocycles. The van der Waals surface area contributed by atoms with Crippen molar-refractivity contribution >= 4 is 12.0 Å². The Balaban J connectivity index is 1.36. The van der Waals surface area contributed by atoms with Crippen LogP contribution in [0, 0.1) is 0 Å². The number of nitrogens with one attached hydrogen (secondary N) is 1. The molecule has 0 aliphatic carbocycles. The van der Waals surface area contributed by atoms with E-state index in [-0.39, 0.29) is 24.1 Å². The number of carbonyl (C=O) groups excluding carboxylic acids is 2. The minimum atomic E-state index is -0.581. The number of benzene rings is 2. The number of aryl methyl sites for hydroxylation is 2. The molecule has 1 aromatic heterocycles. The first kappa shape index (κ1) is 27.2. The third kappa shape index (κ3) is 7.34.